The van der Waals surface area contributed by atoms with Crippen LogP contribution in [0.4, 0.5) is 0 Å². The minimum absolute atomic E-state index is 0.303. The van der Waals surface area contributed by atoms with Crippen LogP contribution in [0.5, 0.6) is 0 Å². The van der Waals surface area contributed by atoms with Gasteiger partial charge in [0.2, 0.25) is 0 Å². The molecular formula is C24H25Cl2Zr. The van der Waals surface area contributed by atoms with Crippen molar-refractivity contribution < 1.29 is 19.4 Å². The van der Waals surface area contributed by atoms with Crippen LogP contribution in [0.25, 0.3) is 12.2 Å². The van der Waals surface area contributed by atoms with Crippen molar-refractivity contribution in [1.82, 2.24) is 0 Å². The second-order valence-electron chi connectivity index (χ2n) is 8.18. The Morgan fingerprint density at radius 1 is 0.815 bits per heavy atom. The first-order chi connectivity index (χ1) is 12.8. The molecule has 1 atom stereocenters. The molecule has 0 saturated heterocycles. The van der Waals surface area contributed by atoms with Crippen LogP contribution < -0.4 is 0 Å². The Hall–Kier alpha value is -0.617. The Bertz CT molecular complexity index is 982. The fourth-order valence-electron chi connectivity index (χ4n) is 4.63. The molecule has 2 aromatic carbocycles. The molecule has 0 fully saturated rings. The molecule has 0 aromatic heterocycles. The number of allylic oxidation sites excluding steroid dienone is 2. The van der Waals surface area contributed by atoms with E-state index in [0.29, 0.717) is 3.63 Å². The van der Waals surface area contributed by atoms with E-state index in [1.54, 1.807) is 0 Å². The number of benzene rings is 2. The topological polar surface area (TPSA) is 0 Å². The van der Waals surface area contributed by atoms with Gasteiger partial charge in [0.1, 0.15) is 0 Å². The molecule has 0 saturated carbocycles. The SMILES string of the molecule is CC1=Cc2c(C)ccc(C[CH](c3ccc(C)c4c3CC(C)=C4)[Zr]([Cl])[Cl])c2C1. The van der Waals surface area contributed by atoms with Gasteiger partial charge in [0, 0.05) is 0 Å². The standard InChI is InChI=1S/C24H25.2ClH.Zr/c1-15-11-21-17(3)5-7-19(23(21)13-15)9-10-20-8-6-18(4)22-12-16(2)14-24(20)22;;;/h5-9,11-12H,10,13-14H2,1-4H3;2*1H;/q;;;+2/p-2. The van der Waals surface area contributed by atoms with E-state index in [4.69, 9.17) is 17.0 Å². The van der Waals surface area contributed by atoms with Crippen LogP contribution in [0.3, 0.4) is 0 Å². The Morgan fingerprint density at radius 3 is 2.00 bits per heavy atom. The minimum atomic E-state index is -2.52. The van der Waals surface area contributed by atoms with Crippen molar-refractivity contribution >= 4 is 29.2 Å². The molecule has 2 aliphatic carbocycles. The molecule has 0 spiro atoms. The van der Waals surface area contributed by atoms with Crippen molar-refractivity contribution in [1.29, 1.82) is 0 Å². The average Bonchev–Trinajstić information content (AvgIpc) is 3.19. The van der Waals surface area contributed by atoms with E-state index >= 15 is 0 Å². The molecule has 0 heterocycles. The molecule has 1 unspecified atom stereocenters. The summed E-state index contributed by atoms with van der Waals surface area (Å²) in [6.07, 6.45) is 7.77. The van der Waals surface area contributed by atoms with Crippen molar-refractivity contribution in [2.24, 2.45) is 0 Å². The zero-order valence-electron chi connectivity index (χ0n) is 16.4. The Kier molecular flexibility index (Phi) is 5.59. The van der Waals surface area contributed by atoms with E-state index in [1.807, 2.05) is 0 Å². The van der Waals surface area contributed by atoms with Gasteiger partial charge in [-0.3, -0.25) is 0 Å². The Morgan fingerprint density at radius 2 is 1.37 bits per heavy atom. The van der Waals surface area contributed by atoms with Crippen LogP contribution in [-0.4, -0.2) is 0 Å². The summed E-state index contributed by atoms with van der Waals surface area (Å²) in [5, 5.41) is 0. The summed E-state index contributed by atoms with van der Waals surface area (Å²) in [5.41, 5.74) is 14.2. The number of rotatable bonds is 4. The molecule has 27 heavy (non-hydrogen) atoms. The molecule has 0 bridgehead atoms. The summed E-state index contributed by atoms with van der Waals surface area (Å²) in [4.78, 5) is 0. The Labute approximate surface area is 178 Å². The predicted molar refractivity (Wildman–Crippen MR) is 115 cm³/mol. The van der Waals surface area contributed by atoms with E-state index in [-0.39, 0.29) is 0 Å². The number of fused-ring (bicyclic) bond motifs is 2. The van der Waals surface area contributed by atoms with E-state index in [2.05, 4.69) is 64.1 Å². The third-order valence-corrected chi connectivity index (χ3v) is 11.7. The van der Waals surface area contributed by atoms with E-state index in [1.165, 1.54) is 55.7 Å². The zero-order chi connectivity index (χ0) is 19.3. The van der Waals surface area contributed by atoms with Crippen molar-refractivity contribution in [3.8, 4) is 0 Å². The van der Waals surface area contributed by atoms with Gasteiger partial charge >= 0.3 is 179 Å². The number of hydrogen-bond acceptors (Lipinski definition) is 0. The summed E-state index contributed by atoms with van der Waals surface area (Å²) in [6, 6.07) is 9.12. The fourth-order valence-corrected chi connectivity index (χ4v) is 9.09. The molecule has 139 valence electrons. The van der Waals surface area contributed by atoms with Crippen molar-refractivity contribution in [3.63, 3.8) is 0 Å². The first kappa shape index (κ1) is 19.7. The van der Waals surface area contributed by atoms with Gasteiger partial charge in [-0.15, -0.1) is 0 Å². The van der Waals surface area contributed by atoms with Crippen LogP contribution in [0.2, 0.25) is 0 Å². The molecular weight excluding hydrogens is 450 g/mol. The molecule has 2 aromatic rings. The molecule has 0 radical (unpaired) electrons. The van der Waals surface area contributed by atoms with Crippen molar-refractivity contribution in [2.75, 3.05) is 0 Å². The number of hydrogen-bond donors (Lipinski definition) is 0. The molecule has 0 N–H and O–H groups in total. The van der Waals surface area contributed by atoms with Crippen molar-refractivity contribution in [2.45, 2.75) is 50.6 Å². The van der Waals surface area contributed by atoms with Crippen LogP contribution in [0, 0.1) is 13.8 Å². The van der Waals surface area contributed by atoms with Gasteiger partial charge in [0.15, 0.2) is 0 Å². The summed E-state index contributed by atoms with van der Waals surface area (Å²) in [5.74, 6) is 0. The fraction of sp³-hybridized carbons (Fsp3) is 0.333. The van der Waals surface area contributed by atoms with Gasteiger partial charge in [-0.25, -0.2) is 0 Å². The van der Waals surface area contributed by atoms with E-state index in [0.717, 1.165) is 19.3 Å². The molecule has 4 rings (SSSR count). The number of halogens is 2. The normalized spacial score (nSPS) is 15.9. The van der Waals surface area contributed by atoms with Gasteiger partial charge in [0.25, 0.3) is 0 Å². The van der Waals surface area contributed by atoms with Gasteiger partial charge in [-0.05, 0) is 0 Å². The van der Waals surface area contributed by atoms with E-state index < -0.39 is 19.4 Å². The second kappa shape index (κ2) is 7.66. The third-order valence-electron chi connectivity index (χ3n) is 6.04. The van der Waals surface area contributed by atoms with Crippen molar-refractivity contribution in [3.05, 3.63) is 79.9 Å². The average molecular weight is 476 g/mol. The molecule has 3 heteroatoms. The quantitative estimate of drug-likeness (QED) is 0.431. The zero-order valence-corrected chi connectivity index (χ0v) is 20.4. The molecule has 0 nitrogen and oxygen atoms in total. The van der Waals surface area contributed by atoms with Gasteiger partial charge in [-0.1, -0.05) is 0 Å². The monoisotopic (exact) mass is 473 g/mol. The van der Waals surface area contributed by atoms with Crippen LogP contribution in [-0.2, 0) is 38.6 Å². The summed E-state index contributed by atoms with van der Waals surface area (Å²) in [6.45, 7) is 8.86. The first-order valence-corrected chi connectivity index (χ1v) is 17.4. The van der Waals surface area contributed by atoms with Crippen LogP contribution >= 0.6 is 17.0 Å². The van der Waals surface area contributed by atoms with Gasteiger partial charge < -0.3 is 0 Å². The number of aryl methyl sites for hydroxylation is 2. The van der Waals surface area contributed by atoms with Gasteiger partial charge in [-0.2, -0.15) is 0 Å². The molecule has 0 aliphatic heterocycles. The third kappa shape index (κ3) is 3.68. The first-order valence-electron chi connectivity index (χ1n) is 9.61. The molecule has 2 aliphatic rings. The Balaban J connectivity index is 1.74. The predicted octanol–water partition coefficient (Wildman–Crippen LogP) is 7.43. The van der Waals surface area contributed by atoms with Gasteiger partial charge in [0.05, 0.1) is 0 Å². The summed E-state index contributed by atoms with van der Waals surface area (Å²) < 4.78 is 0.303. The summed E-state index contributed by atoms with van der Waals surface area (Å²) >= 11 is -2.52. The van der Waals surface area contributed by atoms with E-state index in [9.17, 15) is 0 Å². The van der Waals surface area contributed by atoms with Crippen LogP contribution in [0.1, 0.15) is 62.0 Å². The molecule has 0 amide bonds. The second-order valence-corrected chi connectivity index (χ2v) is 17.3. The summed E-state index contributed by atoms with van der Waals surface area (Å²) in [7, 11) is 13.5. The maximum atomic E-state index is 6.75. The van der Waals surface area contributed by atoms with Crippen LogP contribution in [0.15, 0.2) is 35.4 Å². The maximum absolute atomic E-state index is 6.75.